The topological polar surface area (TPSA) is 104 Å². The van der Waals surface area contributed by atoms with Gasteiger partial charge in [0.15, 0.2) is 23.1 Å². The van der Waals surface area contributed by atoms with E-state index in [1.807, 2.05) is 26.8 Å². The molecule has 0 spiro atoms. The van der Waals surface area contributed by atoms with Crippen molar-refractivity contribution in [1.29, 1.82) is 5.41 Å². The summed E-state index contributed by atoms with van der Waals surface area (Å²) in [5.74, 6) is -0.120. The van der Waals surface area contributed by atoms with Crippen molar-refractivity contribution in [2.45, 2.75) is 39.2 Å². The average Bonchev–Trinajstić information content (AvgIpc) is 3.12. The molecule has 0 saturated heterocycles. The van der Waals surface area contributed by atoms with Crippen molar-refractivity contribution in [3.05, 3.63) is 46.3 Å². The summed E-state index contributed by atoms with van der Waals surface area (Å²) in [5.41, 5.74) is 2.36. The van der Waals surface area contributed by atoms with Gasteiger partial charge in [0.1, 0.15) is 11.6 Å². The van der Waals surface area contributed by atoms with Crippen molar-refractivity contribution in [2.75, 3.05) is 46.3 Å². The Morgan fingerprint density at radius 3 is 2.40 bits per heavy atom. The fraction of sp³-hybridized carbons (Fsp3) is 0.462. The Balaban J connectivity index is 1.93. The molecule has 3 rings (SSSR count). The van der Waals surface area contributed by atoms with Crippen LogP contribution in [-0.2, 0) is 12.0 Å². The van der Waals surface area contributed by atoms with Gasteiger partial charge in [0.25, 0.3) is 0 Å². The molecule has 0 aliphatic carbocycles. The third-order valence-electron chi connectivity index (χ3n) is 6.02. The second-order valence-electron chi connectivity index (χ2n) is 9.45. The summed E-state index contributed by atoms with van der Waals surface area (Å²) in [4.78, 5) is 14.9. The predicted octanol–water partition coefficient (Wildman–Crippen LogP) is 3.97. The molecule has 35 heavy (non-hydrogen) atoms. The molecule has 0 amide bonds. The molecule has 0 unspecified atom stereocenters. The van der Waals surface area contributed by atoms with Crippen molar-refractivity contribution in [2.24, 2.45) is 0 Å². The van der Waals surface area contributed by atoms with Crippen molar-refractivity contribution < 1.29 is 28.5 Å². The number of anilines is 1. The van der Waals surface area contributed by atoms with Crippen molar-refractivity contribution >= 4 is 17.3 Å². The van der Waals surface area contributed by atoms with Crippen LogP contribution in [0.25, 0.3) is 0 Å². The molecule has 0 atom stereocenters. The maximum Gasteiger partial charge on any atom is 0.197 e. The lowest BCUT2D eigenvalue weighted by Gasteiger charge is -2.26. The fourth-order valence-corrected chi connectivity index (χ4v) is 4.22. The number of benzene rings is 2. The van der Waals surface area contributed by atoms with Crippen LogP contribution in [0.15, 0.2) is 18.2 Å². The van der Waals surface area contributed by atoms with Gasteiger partial charge < -0.3 is 29.5 Å². The van der Waals surface area contributed by atoms with E-state index in [4.69, 9.17) is 24.7 Å². The third-order valence-corrected chi connectivity index (χ3v) is 6.02. The van der Waals surface area contributed by atoms with Crippen molar-refractivity contribution in [3.63, 3.8) is 0 Å². The third kappa shape index (κ3) is 5.19. The number of methoxy groups -OCH3 is 3. The zero-order valence-corrected chi connectivity index (χ0v) is 21.2. The van der Waals surface area contributed by atoms with Crippen LogP contribution < -0.4 is 19.5 Å². The van der Waals surface area contributed by atoms with E-state index in [0.717, 1.165) is 5.56 Å². The molecule has 0 bridgehead atoms. The summed E-state index contributed by atoms with van der Waals surface area (Å²) in [6, 6.07) is 5.19. The molecule has 2 aromatic carbocycles. The smallest absolute Gasteiger partial charge is 0.197 e. The molecule has 0 aromatic heterocycles. The lowest BCUT2D eigenvalue weighted by atomic mass is 9.84. The minimum absolute atomic E-state index is 0.0455. The molecule has 0 radical (unpaired) electrons. The molecular formula is C26H34FN3O5. The Labute approximate surface area is 205 Å². The number of Topliss-reactive ketones (excluding diaryl/α,β-unsaturated/α-hetero) is 1. The number of carbonyl (C=O) groups is 1. The minimum atomic E-state index is -0.670. The van der Waals surface area contributed by atoms with Gasteiger partial charge in [-0.1, -0.05) is 20.8 Å². The van der Waals surface area contributed by atoms with E-state index in [-0.39, 0.29) is 53.8 Å². The first-order valence-electron chi connectivity index (χ1n) is 11.4. The fourth-order valence-electron chi connectivity index (χ4n) is 4.22. The number of aliphatic hydroxyl groups excluding tert-OH is 1. The molecule has 2 aromatic rings. The number of ketones is 1. The minimum Gasteiger partial charge on any atom is -0.494 e. The van der Waals surface area contributed by atoms with Gasteiger partial charge in [0.2, 0.25) is 0 Å². The van der Waals surface area contributed by atoms with E-state index in [2.05, 4.69) is 5.32 Å². The van der Waals surface area contributed by atoms with Crippen LogP contribution in [0.4, 0.5) is 10.1 Å². The van der Waals surface area contributed by atoms with E-state index in [1.54, 1.807) is 19.2 Å². The standard InChI is InChI=1S/C26H34FN3O5/c1-26(2,3)17-10-15(11-18(23(17)34-5)29-8-7-9-31)19(32)14-30-13-16-12-20(33-4)24(35-6)22(27)21(16)25(30)28/h10-12,28-29,31H,7-9,13-14H2,1-6H3. The van der Waals surface area contributed by atoms with Gasteiger partial charge in [0, 0.05) is 30.8 Å². The number of rotatable bonds is 10. The Morgan fingerprint density at radius 2 is 1.83 bits per heavy atom. The Bertz CT molecular complexity index is 1130. The monoisotopic (exact) mass is 487 g/mol. The summed E-state index contributed by atoms with van der Waals surface area (Å²) >= 11 is 0. The Morgan fingerprint density at radius 1 is 1.14 bits per heavy atom. The van der Waals surface area contributed by atoms with Crippen LogP contribution in [0.3, 0.4) is 0 Å². The highest BCUT2D eigenvalue weighted by Gasteiger charge is 2.33. The molecule has 1 aliphatic rings. The molecule has 1 heterocycles. The zero-order valence-electron chi connectivity index (χ0n) is 21.2. The number of aliphatic hydroxyl groups is 1. The molecule has 9 heteroatoms. The van der Waals surface area contributed by atoms with Crippen LogP contribution in [0.1, 0.15) is 54.2 Å². The van der Waals surface area contributed by atoms with Crippen LogP contribution in [0.5, 0.6) is 17.2 Å². The summed E-state index contributed by atoms with van der Waals surface area (Å²) in [5, 5.41) is 20.9. The number of nitrogens with zero attached hydrogens (tertiary/aromatic N) is 1. The van der Waals surface area contributed by atoms with Gasteiger partial charge in [-0.2, -0.15) is 0 Å². The highest BCUT2D eigenvalue weighted by Crippen LogP contribution is 2.40. The molecule has 0 fully saturated rings. The van der Waals surface area contributed by atoms with Gasteiger partial charge in [-0.15, -0.1) is 0 Å². The first-order chi connectivity index (χ1) is 16.6. The van der Waals surface area contributed by atoms with E-state index < -0.39 is 5.82 Å². The number of fused-ring (bicyclic) bond motifs is 1. The van der Waals surface area contributed by atoms with E-state index in [9.17, 15) is 4.79 Å². The van der Waals surface area contributed by atoms with E-state index in [0.29, 0.717) is 35.5 Å². The van der Waals surface area contributed by atoms with Gasteiger partial charge in [-0.25, -0.2) is 4.39 Å². The lowest BCUT2D eigenvalue weighted by Crippen LogP contribution is -2.30. The summed E-state index contributed by atoms with van der Waals surface area (Å²) < 4.78 is 31.1. The van der Waals surface area contributed by atoms with Crippen LogP contribution in [0.2, 0.25) is 0 Å². The van der Waals surface area contributed by atoms with Crippen LogP contribution >= 0.6 is 0 Å². The average molecular weight is 488 g/mol. The quantitative estimate of drug-likeness (QED) is 0.344. The lowest BCUT2D eigenvalue weighted by molar-refractivity contribution is 0.0962. The molecule has 3 N–H and O–H groups in total. The summed E-state index contributed by atoms with van der Waals surface area (Å²) in [6.07, 6.45) is 0.549. The second-order valence-corrected chi connectivity index (χ2v) is 9.45. The highest BCUT2D eigenvalue weighted by molar-refractivity contribution is 6.06. The molecule has 190 valence electrons. The van der Waals surface area contributed by atoms with Gasteiger partial charge in [-0.3, -0.25) is 10.2 Å². The zero-order chi connectivity index (χ0) is 25.9. The van der Waals surface area contributed by atoms with Gasteiger partial charge in [0.05, 0.1) is 39.1 Å². The number of hydrogen-bond acceptors (Lipinski definition) is 7. The van der Waals surface area contributed by atoms with Crippen molar-refractivity contribution in [1.82, 2.24) is 4.90 Å². The number of hydrogen-bond donors (Lipinski definition) is 3. The highest BCUT2D eigenvalue weighted by atomic mass is 19.1. The number of amidine groups is 1. The first kappa shape index (κ1) is 26.3. The normalized spacial score (nSPS) is 13.0. The van der Waals surface area contributed by atoms with Gasteiger partial charge >= 0.3 is 0 Å². The Kier molecular flexibility index (Phi) is 7.90. The SMILES string of the molecule is COc1cc2c(c(F)c1OC)C(=N)N(CC(=O)c1cc(NCCCO)c(OC)c(C(C)(C)C)c1)C2. The predicted molar refractivity (Wildman–Crippen MR) is 133 cm³/mol. The first-order valence-corrected chi connectivity index (χ1v) is 11.4. The number of ether oxygens (including phenoxy) is 3. The maximum absolute atomic E-state index is 15.1. The maximum atomic E-state index is 15.1. The summed E-state index contributed by atoms with van der Waals surface area (Å²) in [6.45, 7) is 6.78. The van der Waals surface area contributed by atoms with E-state index in [1.165, 1.54) is 19.1 Å². The summed E-state index contributed by atoms with van der Waals surface area (Å²) in [7, 11) is 4.35. The van der Waals surface area contributed by atoms with E-state index >= 15 is 4.39 Å². The number of nitrogens with one attached hydrogen (secondary N) is 2. The van der Waals surface area contributed by atoms with Crippen LogP contribution in [-0.4, -0.2) is 62.7 Å². The van der Waals surface area contributed by atoms with Crippen molar-refractivity contribution in [3.8, 4) is 17.2 Å². The second kappa shape index (κ2) is 10.5. The Hall–Kier alpha value is -3.33. The molecular weight excluding hydrogens is 453 g/mol. The molecule has 1 aliphatic heterocycles. The number of halogens is 1. The van der Waals surface area contributed by atoms with Gasteiger partial charge in [-0.05, 0) is 35.6 Å². The molecule has 8 nitrogen and oxygen atoms in total. The number of carbonyl (C=O) groups excluding carboxylic acids is 1. The van der Waals surface area contributed by atoms with Crippen LogP contribution in [0, 0.1) is 11.2 Å². The molecule has 0 saturated carbocycles. The largest absolute Gasteiger partial charge is 0.494 e.